The maximum Gasteiger partial charge on any atom is 0.166 e. The molecule has 4 rings (SSSR count). The van der Waals surface area contributed by atoms with Crippen molar-refractivity contribution >= 4 is 0 Å². The van der Waals surface area contributed by atoms with Crippen LogP contribution in [-0.2, 0) is 12.0 Å². The third-order valence-electron chi connectivity index (χ3n) is 5.72. The van der Waals surface area contributed by atoms with E-state index in [1.807, 2.05) is 26.2 Å². The van der Waals surface area contributed by atoms with Crippen LogP contribution in [0.25, 0.3) is 0 Å². The van der Waals surface area contributed by atoms with Crippen LogP contribution in [0.3, 0.4) is 0 Å². The highest BCUT2D eigenvalue weighted by Crippen LogP contribution is 2.55. The second-order valence-corrected chi connectivity index (χ2v) is 7.88. The Bertz CT molecular complexity index is 688. The van der Waals surface area contributed by atoms with Crippen LogP contribution in [0, 0.1) is 0 Å². The van der Waals surface area contributed by atoms with Gasteiger partial charge in [0.15, 0.2) is 11.5 Å². The topological polar surface area (TPSA) is 45.2 Å². The summed E-state index contributed by atoms with van der Waals surface area (Å²) in [5.41, 5.74) is 2.47. The van der Waals surface area contributed by atoms with E-state index in [0.29, 0.717) is 13.0 Å². The van der Waals surface area contributed by atoms with Gasteiger partial charge in [0.05, 0.1) is 11.5 Å². The molecule has 3 aliphatic rings. The van der Waals surface area contributed by atoms with E-state index < -0.39 is 6.10 Å². The molecule has 5 heteroatoms. The van der Waals surface area contributed by atoms with Crippen LogP contribution in [0.1, 0.15) is 24.0 Å². The molecule has 2 aliphatic heterocycles. The van der Waals surface area contributed by atoms with Gasteiger partial charge in [-0.1, -0.05) is 18.2 Å². The molecule has 0 unspecified atom stereocenters. The van der Waals surface area contributed by atoms with Crippen molar-refractivity contribution in [3.8, 4) is 11.5 Å². The first-order valence-electron chi connectivity index (χ1n) is 9.16. The Morgan fingerprint density at radius 3 is 3.04 bits per heavy atom. The van der Waals surface area contributed by atoms with E-state index in [0.717, 1.165) is 37.6 Å². The zero-order chi connectivity index (χ0) is 17.6. The van der Waals surface area contributed by atoms with Gasteiger partial charge in [0, 0.05) is 25.1 Å². The van der Waals surface area contributed by atoms with Crippen LogP contribution < -0.4 is 9.47 Å². The molecule has 1 spiro atoms. The molecule has 0 bridgehead atoms. The third kappa shape index (κ3) is 2.84. The van der Waals surface area contributed by atoms with Gasteiger partial charge in [-0.15, -0.1) is 0 Å². The second kappa shape index (κ2) is 6.31. The normalized spacial score (nSPS) is 30.6. The van der Waals surface area contributed by atoms with Gasteiger partial charge >= 0.3 is 0 Å². The summed E-state index contributed by atoms with van der Waals surface area (Å²) in [5, 5.41) is 10.1. The summed E-state index contributed by atoms with van der Waals surface area (Å²) in [7, 11) is 6.26. The average Bonchev–Trinajstić information content (AvgIpc) is 2.81. The molecule has 1 aliphatic carbocycles. The fraction of sp³-hybridized carbons (Fsp3) is 0.600. The molecule has 136 valence electrons. The number of benzene rings is 1. The van der Waals surface area contributed by atoms with Gasteiger partial charge in [0.25, 0.3) is 0 Å². The number of aliphatic hydroxyl groups is 1. The van der Waals surface area contributed by atoms with E-state index in [-0.39, 0.29) is 11.5 Å². The standard InChI is InChI=1S/C20H28N2O3/c1-21(2)10-11-24-16-5-4-14-13-22(3)9-8-20-7-6-15(23)12-17(20)25-19(16)18(14)20/h4-7,15,17,23H,8-13H2,1-3H3/t15-,17-,20-/m0/s1. The fourth-order valence-electron chi connectivity index (χ4n) is 4.37. The number of aliphatic hydroxyl groups excluding tert-OH is 1. The molecule has 0 fully saturated rings. The van der Waals surface area contributed by atoms with Crippen molar-refractivity contribution in [3.63, 3.8) is 0 Å². The molecular weight excluding hydrogens is 316 g/mol. The second-order valence-electron chi connectivity index (χ2n) is 7.88. The quantitative estimate of drug-likeness (QED) is 0.844. The van der Waals surface area contributed by atoms with Crippen molar-refractivity contribution < 1.29 is 14.6 Å². The molecule has 2 heterocycles. The molecule has 0 saturated carbocycles. The minimum atomic E-state index is -0.424. The number of rotatable bonds is 4. The highest BCUT2D eigenvalue weighted by Gasteiger charge is 2.52. The smallest absolute Gasteiger partial charge is 0.166 e. The van der Waals surface area contributed by atoms with Crippen LogP contribution >= 0.6 is 0 Å². The Labute approximate surface area is 149 Å². The molecule has 25 heavy (non-hydrogen) atoms. The van der Waals surface area contributed by atoms with E-state index in [1.54, 1.807) is 0 Å². The maximum absolute atomic E-state index is 10.1. The lowest BCUT2D eigenvalue weighted by Crippen LogP contribution is -2.42. The number of nitrogens with zero attached hydrogens (tertiary/aromatic N) is 2. The summed E-state index contributed by atoms with van der Waals surface area (Å²) in [6.45, 7) is 3.45. The molecule has 3 atom stereocenters. The summed E-state index contributed by atoms with van der Waals surface area (Å²) in [6, 6.07) is 4.24. The fourth-order valence-corrected chi connectivity index (χ4v) is 4.37. The first-order chi connectivity index (χ1) is 12.0. The van der Waals surface area contributed by atoms with Crippen molar-refractivity contribution in [3.05, 3.63) is 35.4 Å². The van der Waals surface area contributed by atoms with E-state index in [4.69, 9.17) is 9.47 Å². The van der Waals surface area contributed by atoms with Gasteiger partial charge in [0.1, 0.15) is 12.7 Å². The summed E-state index contributed by atoms with van der Waals surface area (Å²) >= 11 is 0. The molecule has 5 nitrogen and oxygen atoms in total. The van der Waals surface area contributed by atoms with Crippen LogP contribution in [0.15, 0.2) is 24.3 Å². The number of hydrogen-bond acceptors (Lipinski definition) is 5. The van der Waals surface area contributed by atoms with E-state index in [2.05, 4.69) is 29.0 Å². The Morgan fingerprint density at radius 1 is 1.40 bits per heavy atom. The van der Waals surface area contributed by atoms with Crippen LogP contribution in [0.5, 0.6) is 11.5 Å². The molecule has 1 N–H and O–H groups in total. The summed E-state index contributed by atoms with van der Waals surface area (Å²) in [5.74, 6) is 1.73. The summed E-state index contributed by atoms with van der Waals surface area (Å²) in [6.07, 6.45) is 5.37. The minimum absolute atomic E-state index is 0.00801. The minimum Gasteiger partial charge on any atom is -0.488 e. The Kier molecular flexibility index (Phi) is 4.26. The highest BCUT2D eigenvalue weighted by molar-refractivity contribution is 5.61. The molecule has 0 aromatic heterocycles. The van der Waals surface area contributed by atoms with E-state index in [9.17, 15) is 5.11 Å². The largest absolute Gasteiger partial charge is 0.488 e. The lowest BCUT2D eigenvalue weighted by Gasteiger charge is -2.35. The van der Waals surface area contributed by atoms with Crippen LogP contribution in [0.2, 0.25) is 0 Å². The number of ether oxygens (including phenoxy) is 2. The van der Waals surface area contributed by atoms with E-state index >= 15 is 0 Å². The van der Waals surface area contributed by atoms with Crippen molar-refractivity contribution in [2.75, 3.05) is 40.8 Å². The van der Waals surface area contributed by atoms with Gasteiger partial charge in [-0.25, -0.2) is 0 Å². The lowest BCUT2D eigenvalue weighted by atomic mass is 9.69. The molecular formula is C20H28N2O3. The van der Waals surface area contributed by atoms with Gasteiger partial charge in [-0.05, 0) is 45.7 Å². The Morgan fingerprint density at radius 2 is 2.24 bits per heavy atom. The number of hydrogen-bond donors (Lipinski definition) is 1. The summed E-state index contributed by atoms with van der Waals surface area (Å²) in [4.78, 5) is 4.48. The van der Waals surface area contributed by atoms with Gasteiger partial charge < -0.3 is 24.4 Å². The summed E-state index contributed by atoms with van der Waals surface area (Å²) < 4.78 is 12.5. The van der Waals surface area contributed by atoms with Crippen molar-refractivity contribution in [2.24, 2.45) is 0 Å². The van der Waals surface area contributed by atoms with Gasteiger partial charge in [-0.3, -0.25) is 0 Å². The molecule has 1 aromatic rings. The Hall–Kier alpha value is -1.56. The monoisotopic (exact) mass is 344 g/mol. The Balaban J connectivity index is 1.75. The molecule has 0 radical (unpaired) electrons. The first-order valence-corrected chi connectivity index (χ1v) is 9.16. The lowest BCUT2D eigenvalue weighted by molar-refractivity contribution is 0.0815. The van der Waals surface area contributed by atoms with Crippen molar-refractivity contribution in [2.45, 2.75) is 37.0 Å². The van der Waals surface area contributed by atoms with Gasteiger partial charge in [-0.2, -0.15) is 0 Å². The van der Waals surface area contributed by atoms with Crippen LogP contribution in [0.4, 0.5) is 0 Å². The third-order valence-corrected chi connectivity index (χ3v) is 5.72. The van der Waals surface area contributed by atoms with Gasteiger partial charge in [0.2, 0.25) is 0 Å². The molecule has 1 aromatic carbocycles. The number of likely N-dealkylation sites (N-methyl/N-ethyl adjacent to an activating group) is 1. The highest BCUT2D eigenvalue weighted by atomic mass is 16.5. The zero-order valence-electron chi connectivity index (χ0n) is 15.4. The molecule has 0 amide bonds. The molecule has 0 saturated heterocycles. The first kappa shape index (κ1) is 16.9. The SMILES string of the molecule is CN(C)CCOc1ccc2c3c1O[C@H]1C[C@@H](O)C=C[C@@]31CCN(C)C2. The predicted molar refractivity (Wildman–Crippen MR) is 97.3 cm³/mol. The zero-order valence-corrected chi connectivity index (χ0v) is 15.4. The average molecular weight is 344 g/mol. The van der Waals surface area contributed by atoms with Crippen molar-refractivity contribution in [1.82, 2.24) is 9.80 Å². The van der Waals surface area contributed by atoms with Crippen LogP contribution in [-0.4, -0.2) is 68.0 Å². The predicted octanol–water partition coefficient (Wildman–Crippen LogP) is 1.78. The maximum atomic E-state index is 10.1. The van der Waals surface area contributed by atoms with E-state index in [1.165, 1.54) is 11.1 Å². The van der Waals surface area contributed by atoms with Crippen molar-refractivity contribution in [1.29, 1.82) is 0 Å².